The van der Waals surface area contributed by atoms with Crippen LogP contribution in [0, 0.1) is 0 Å². The molecule has 0 aliphatic carbocycles. The first-order valence-electron chi connectivity index (χ1n) is 4.80. The van der Waals surface area contributed by atoms with E-state index < -0.39 is 22.0 Å². The van der Waals surface area contributed by atoms with Gasteiger partial charge in [-0.2, -0.15) is 4.72 Å². The molecule has 0 aliphatic rings. The van der Waals surface area contributed by atoms with Gasteiger partial charge in [-0.1, -0.05) is 0 Å². The third-order valence-corrected chi connectivity index (χ3v) is 3.81. The monoisotopic (exact) mass is 261 g/mol. The number of rotatable bonds is 4. The first-order valence-corrected chi connectivity index (χ1v) is 6.28. The second-order valence-corrected chi connectivity index (χ2v) is 5.13. The highest BCUT2D eigenvalue weighted by atomic mass is 32.2. The van der Waals surface area contributed by atoms with Gasteiger partial charge in [-0.05, 0) is 6.92 Å². The van der Waals surface area contributed by atoms with Crippen LogP contribution >= 0.6 is 0 Å². The summed E-state index contributed by atoms with van der Waals surface area (Å²) >= 11 is 0. The molecule has 4 N–H and O–H groups in total. The highest BCUT2D eigenvalue weighted by molar-refractivity contribution is 7.89. The maximum Gasteiger partial charge on any atom is 0.260 e. The van der Waals surface area contributed by atoms with E-state index in [1.54, 1.807) is 0 Å². The average molecular weight is 261 g/mol. The van der Waals surface area contributed by atoms with Crippen LogP contribution < -0.4 is 15.8 Å². The summed E-state index contributed by atoms with van der Waals surface area (Å²) in [5, 5.41) is 2.18. The Bertz CT molecular complexity index is 502. The molecule has 0 radical (unpaired) electrons. The Balaban J connectivity index is 3.02. The van der Waals surface area contributed by atoms with E-state index in [4.69, 9.17) is 5.73 Å². The highest BCUT2D eigenvalue weighted by Crippen LogP contribution is 2.15. The Hall–Kier alpha value is -1.61. The van der Waals surface area contributed by atoms with Crippen LogP contribution in [0.2, 0.25) is 0 Å². The molecule has 0 aromatic carbocycles. The average Bonchev–Trinajstić information content (AvgIpc) is 2.57. The molecular formula is C8H15N5O3S. The second-order valence-electron chi connectivity index (χ2n) is 3.50. The molecule has 17 heavy (non-hydrogen) atoms. The zero-order valence-corrected chi connectivity index (χ0v) is 10.6. The van der Waals surface area contributed by atoms with E-state index in [0.29, 0.717) is 0 Å². The number of carbonyl (C=O) groups excluding carboxylic acids is 1. The number of anilines is 1. The van der Waals surface area contributed by atoms with Crippen molar-refractivity contribution in [2.75, 3.05) is 12.8 Å². The van der Waals surface area contributed by atoms with Crippen LogP contribution in [0.1, 0.15) is 6.92 Å². The van der Waals surface area contributed by atoms with Crippen molar-refractivity contribution in [3.8, 4) is 0 Å². The predicted octanol–water partition coefficient (Wildman–Crippen LogP) is -1.58. The SMILES string of the molecule is CNC(=O)C(C)NS(=O)(=O)c1c(N)ncn1C. The van der Waals surface area contributed by atoms with Crippen molar-refractivity contribution in [3.63, 3.8) is 0 Å². The van der Waals surface area contributed by atoms with E-state index in [1.165, 1.54) is 31.9 Å². The van der Waals surface area contributed by atoms with Gasteiger partial charge in [0.1, 0.15) is 0 Å². The number of amides is 1. The molecule has 1 aromatic rings. The standard InChI is InChI=1S/C8H15N5O3S/c1-5(7(14)10-2)12-17(15,16)8-6(9)11-4-13(8)3/h4-5,12H,9H2,1-3H3,(H,10,14). The quantitative estimate of drug-likeness (QED) is 0.604. The number of aryl methyl sites for hydroxylation is 1. The number of likely N-dealkylation sites (N-methyl/N-ethyl adjacent to an activating group) is 1. The van der Waals surface area contributed by atoms with Gasteiger partial charge in [0.05, 0.1) is 12.4 Å². The van der Waals surface area contributed by atoms with Gasteiger partial charge >= 0.3 is 0 Å². The first-order chi connectivity index (χ1) is 7.79. The molecule has 1 amide bonds. The van der Waals surface area contributed by atoms with Gasteiger partial charge in [0.2, 0.25) is 5.91 Å². The number of nitrogens with zero attached hydrogens (tertiary/aromatic N) is 2. The lowest BCUT2D eigenvalue weighted by atomic mass is 10.3. The number of imidazole rings is 1. The zero-order valence-electron chi connectivity index (χ0n) is 9.76. The summed E-state index contributed by atoms with van der Waals surface area (Å²) in [6.45, 7) is 1.43. The van der Waals surface area contributed by atoms with Gasteiger partial charge < -0.3 is 15.6 Å². The predicted molar refractivity (Wildman–Crippen MR) is 61.5 cm³/mol. The van der Waals surface area contributed by atoms with Crippen LogP contribution in [0.25, 0.3) is 0 Å². The van der Waals surface area contributed by atoms with Crippen LogP contribution in [-0.2, 0) is 21.9 Å². The van der Waals surface area contributed by atoms with E-state index >= 15 is 0 Å². The minimum atomic E-state index is -3.87. The smallest absolute Gasteiger partial charge is 0.260 e. The van der Waals surface area contributed by atoms with Gasteiger partial charge in [0, 0.05) is 14.1 Å². The number of hydrogen-bond acceptors (Lipinski definition) is 5. The molecule has 0 saturated carbocycles. The topological polar surface area (TPSA) is 119 Å². The maximum atomic E-state index is 11.9. The van der Waals surface area contributed by atoms with Gasteiger partial charge in [-0.25, -0.2) is 13.4 Å². The fourth-order valence-electron chi connectivity index (χ4n) is 1.32. The molecule has 1 unspecified atom stereocenters. The summed E-state index contributed by atoms with van der Waals surface area (Å²) in [6.07, 6.45) is 1.29. The molecule has 1 rings (SSSR count). The molecule has 0 bridgehead atoms. The van der Waals surface area contributed by atoms with Crippen LogP contribution in [-0.4, -0.2) is 37.0 Å². The summed E-state index contributed by atoms with van der Waals surface area (Å²) in [5.74, 6) is -0.543. The molecule has 0 spiro atoms. The molecule has 1 atom stereocenters. The van der Waals surface area contributed by atoms with E-state index in [9.17, 15) is 13.2 Å². The van der Waals surface area contributed by atoms with Gasteiger partial charge in [-0.15, -0.1) is 0 Å². The van der Waals surface area contributed by atoms with Crippen molar-refractivity contribution >= 4 is 21.7 Å². The molecule has 1 heterocycles. The molecule has 0 saturated heterocycles. The first kappa shape index (κ1) is 13.5. The highest BCUT2D eigenvalue weighted by Gasteiger charge is 2.26. The Morgan fingerprint density at radius 1 is 1.59 bits per heavy atom. The number of carbonyl (C=O) groups is 1. The van der Waals surface area contributed by atoms with Crippen molar-refractivity contribution in [2.24, 2.45) is 7.05 Å². The molecule has 0 fully saturated rings. The summed E-state index contributed by atoms with van der Waals surface area (Å²) in [7, 11) is -0.943. The largest absolute Gasteiger partial charge is 0.381 e. The van der Waals surface area contributed by atoms with Crippen molar-refractivity contribution in [1.29, 1.82) is 0 Å². The minimum Gasteiger partial charge on any atom is -0.381 e. The lowest BCUT2D eigenvalue weighted by Gasteiger charge is -2.13. The van der Waals surface area contributed by atoms with Crippen LogP contribution in [0.5, 0.6) is 0 Å². The van der Waals surface area contributed by atoms with Crippen LogP contribution in [0.15, 0.2) is 11.4 Å². The Kier molecular flexibility index (Phi) is 3.73. The fourth-order valence-corrected chi connectivity index (χ4v) is 2.76. The minimum absolute atomic E-state index is 0.107. The van der Waals surface area contributed by atoms with E-state index in [0.717, 1.165) is 0 Å². The molecular weight excluding hydrogens is 246 g/mol. The number of nitrogens with one attached hydrogen (secondary N) is 2. The van der Waals surface area contributed by atoms with Gasteiger partial charge in [-0.3, -0.25) is 4.79 Å². The van der Waals surface area contributed by atoms with Crippen LogP contribution in [0.4, 0.5) is 5.82 Å². The normalized spacial score (nSPS) is 13.4. The third kappa shape index (κ3) is 2.74. The zero-order chi connectivity index (χ0) is 13.2. The summed E-state index contributed by atoms with van der Waals surface area (Å²) in [5.41, 5.74) is 5.46. The summed E-state index contributed by atoms with van der Waals surface area (Å²) in [4.78, 5) is 14.9. The fraction of sp³-hybridized carbons (Fsp3) is 0.500. The Labute approximate surface area is 99.3 Å². The van der Waals surface area contributed by atoms with Crippen LogP contribution in [0.3, 0.4) is 0 Å². The van der Waals surface area contributed by atoms with E-state index in [-0.39, 0.29) is 10.8 Å². The van der Waals surface area contributed by atoms with Gasteiger partial charge in [0.15, 0.2) is 10.8 Å². The number of nitrogens with two attached hydrogens (primary N) is 1. The number of aromatic nitrogens is 2. The van der Waals surface area contributed by atoms with Crippen molar-refractivity contribution in [2.45, 2.75) is 18.0 Å². The number of sulfonamides is 1. The Morgan fingerprint density at radius 3 is 2.59 bits per heavy atom. The molecule has 9 heteroatoms. The van der Waals surface area contributed by atoms with Gasteiger partial charge in [0.25, 0.3) is 10.0 Å². The molecule has 1 aromatic heterocycles. The lowest BCUT2D eigenvalue weighted by Crippen LogP contribution is -2.44. The second kappa shape index (κ2) is 4.72. The summed E-state index contributed by atoms with van der Waals surface area (Å²) in [6, 6.07) is -0.890. The molecule has 96 valence electrons. The molecule has 0 aliphatic heterocycles. The lowest BCUT2D eigenvalue weighted by molar-refractivity contribution is -0.121. The van der Waals surface area contributed by atoms with Crippen molar-refractivity contribution < 1.29 is 13.2 Å². The Morgan fingerprint density at radius 2 is 2.18 bits per heavy atom. The third-order valence-electron chi connectivity index (χ3n) is 2.14. The van der Waals surface area contributed by atoms with Crippen molar-refractivity contribution in [1.82, 2.24) is 19.6 Å². The van der Waals surface area contributed by atoms with E-state index in [1.807, 2.05) is 0 Å². The summed E-state index contributed by atoms with van der Waals surface area (Å²) < 4.78 is 27.3. The number of hydrogen-bond donors (Lipinski definition) is 3. The van der Waals surface area contributed by atoms with Crippen molar-refractivity contribution in [3.05, 3.63) is 6.33 Å². The van der Waals surface area contributed by atoms with E-state index in [2.05, 4.69) is 15.0 Å². The maximum absolute atomic E-state index is 11.9. The number of nitrogen functional groups attached to an aromatic ring is 1. The molecule has 8 nitrogen and oxygen atoms in total.